The summed E-state index contributed by atoms with van der Waals surface area (Å²) < 4.78 is 18.9. The summed E-state index contributed by atoms with van der Waals surface area (Å²) in [5.41, 5.74) is 0.282. The van der Waals surface area contributed by atoms with Gasteiger partial charge in [-0.2, -0.15) is 0 Å². The molecule has 7 heteroatoms. The molecule has 0 aliphatic heterocycles. The molecule has 0 saturated carbocycles. The van der Waals surface area contributed by atoms with E-state index in [1.54, 1.807) is 12.1 Å². The maximum absolute atomic E-state index is 13.4. The molecular formula is C14H16BrFN2O3. The van der Waals surface area contributed by atoms with Crippen LogP contribution in [-0.2, 0) is 14.3 Å². The summed E-state index contributed by atoms with van der Waals surface area (Å²) in [7, 11) is 1.53. The highest BCUT2D eigenvalue weighted by molar-refractivity contribution is 9.10. The number of amides is 2. The lowest BCUT2D eigenvalue weighted by atomic mass is 10.2. The Labute approximate surface area is 130 Å². The first kappa shape index (κ1) is 17.3. The molecule has 0 atom stereocenters. The van der Waals surface area contributed by atoms with Crippen LogP contribution in [0.3, 0.4) is 0 Å². The topological polar surface area (TPSA) is 67.4 Å². The first-order chi connectivity index (χ1) is 10.0. The van der Waals surface area contributed by atoms with Gasteiger partial charge in [0, 0.05) is 29.8 Å². The lowest BCUT2D eigenvalue weighted by Gasteiger charge is -2.04. The van der Waals surface area contributed by atoms with Crippen molar-refractivity contribution in [3.8, 4) is 0 Å². The smallest absolute Gasteiger partial charge is 0.244 e. The molecular weight excluding hydrogens is 343 g/mol. The van der Waals surface area contributed by atoms with Gasteiger partial charge in [-0.3, -0.25) is 9.59 Å². The summed E-state index contributed by atoms with van der Waals surface area (Å²) in [5, 5.41) is 4.96. The van der Waals surface area contributed by atoms with Gasteiger partial charge in [0.15, 0.2) is 0 Å². The van der Waals surface area contributed by atoms with Crippen molar-refractivity contribution in [1.82, 2.24) is 10.6 Å². The largest absolute Gasteiger partial charge is 0.383 e. The number of rotatable bonds is 7. The fraction of sp³-hybridized carbons (Fsp3) is 0.286. The second-order valence-electron chi connectivity index (χ2n) is 4.06. The Hall–Kier alpha value is -1.73. The van der Waals surface area contributed by atoms with Crippen molar-refractivity contribution in [3.05, 3.63) is 40.1 Å². The molecule has 0 heterocycles. The quantitative estimate of drug-likeness (QED) is 0.573. The van der Waals surface area contributed by atoms with Gasteiger partial charge < -0.3 is 15.4 Å². The summed E-state index contributed by atoms with van der Waals surface area (Å²) in [6.45, 7) is 0.639. The lowest BCUT2D eigenvalue weighted by molar-refractivity contribution is -0.124. The van der Waals surface area contributed by atoms with Gasteiger partial charge in [0.05, 0.1) is 13.2 Å². The van der Waals surface area contributed by atoms with E-state index in [1.807, 2.05) is 0 Å². The SMILES string of the molecule is COCCNC(=O)CNC(=O)/C=C/c1cc(Br)ccc1F. The monoisotopic (exact) mass is 358 g/mol. The molecule has 0 bridgehead atoms. The number of carbonyl (C=O) groups is 2. The average molecular weight is 359 g/mol. The standard InChI is InChI=1S/C14H16BrFN2O3/c1-21-7-6-17-14(20)9-18-13(19)5-2-10-8-11(15)3-4-12(10)16/h2-5,8H,6-7,9H2,1H3,(H,17,20)(H,18,19)/b5-2+. The molecule has 21 heavy (non-hydrogen) atoms. The number of hydrogen-bond donors (Lipinski definition) is 2. The fourth-order valence-electron chi connectivity index (χ4n) is 1.39. The minimum Gasteiger partial charge on any atom is -0.383 e. The molecule has 0 radical (unpaired) electrons. The first-order valence-electron chi connectivity index (χ1n) is 6.19. The number of methoxy groups -OCH3 is 1. The van der Waals surface area contributed by atoms with Crippen molar-refractivity contribution < 1.29 is 18.7 Å². The van der Waals surface area contributed by atoms with Crippen LogP contribution in [-0.4, -0.2) is 38.6 Å². The van der Waals surface area contributed by atoms with E-state index in [-0.39, 0.29) is 18.0 Å². The Kier molecular flexibility index (Phi) is 7.63. The van der Waals surface area contributed by atoms with Crippen LogP contribution >= 0.6 is 15.9 Å². The molecule has 5 nitrogen and oxygen atoms in total. The van der Waals surface area contributed by atoms with E-state index in [4.69, 9.17) is 4.74 Å². The number of ether oxygens (including phenoxy) is 1. The Morgan fingerprint density at radius 3 is 2.86 bits per heavy atom. The van der Waals surface area contributed by atoms with Crippen LogP contribution < -0.4 is 10.6 Å². The predicted octanol–water partition coefficient (Wildman–Crippen LogP) is 1.48. The minimum absolute atomic E-state index is 0.145. The maximum atomic E-state index is 13.4. The van der Waals surface area contributed by atoms with Gasteiger partial charge in [-0.15, -0.1) is 0 Å². The van der Waals surface area contributed by atoms with Crippen LogP contribution in [0, 0.1) is 5.82 Å². The number of nitrogens with one attached hydrogen (secondary N) is 2. The van der Waals surface area contributed by atoms with Crippen molar-refractivity contribution in [2.24, 2.45) is 0 Å². The van der Waals surface area contributed by atoms with Gasteiger partial charge in [0.25, 0.3) is 0 Å². The predicted molar refractivity (Wildman–Crippen MR) is 81.0 cm³/mol. The highest BCUT2D eigenvalue weighted by Crippen LogP contribution is 2.16. The third kappa shape index (κ3) is 7.01. The van der Waals surface area contributed by atoms with Gasteiger partial charge in [-0.1, -0.05) is 15.9 Å². The van der Waals surface area contributed by atoms with Crippen LogP contribution in [0.1, 0.15) is 5.56 Å². The van der Waals surface area contributed by atoms with Crippen LogP contribution in [0.25, 0.3) is 6.08 Å². The number of carbonyl (C=O) groups excluding carboxylic acids is 2. The summed E-state index contributed by atoms with van der Waals surface area (Å²) in [4.78, 5) is 22.8. The van der Waals surface area contributed by atoms with Gasteiger partial charge in [-0.05, 0) is 24.3 Å². The van der Waals surface area contributed by atoms with Crippen molar-refractivity contribution >= 4 is 33.8 Å². The maximum Gasteiger partial charge on any atom is 0.244 e. The summed E-state index contributed by atoms with van der Waals surface area (Å²) >= 11 is 3.22. The van der Waals surface area contributed by atoms with Gasteiger partial charge in [0.2, 0.25) is 11.8 Å². The van der Waals surface area contributed by atoms with Crippen LogP contribution in [0.5, 0.6) is 0 Å². The van der Waals surface area contributed by atoms with E-state index in [0.717, 1.165) is 0 Å². The molecule has 0 aliphatic rings. The number of benzene rings is 1. The zero-order valence-electron chi connectivity index (χ0n) is 11.5. The zero-order chi connectivity index (χ0) is 15.7. The van der Waals surface area contributed by atoms with E-state index in [0.29, 0.717) is 17.6 Å². The lowest BCUT2D eigenvalue weighted by Crippen LogP contribution is -2.37. The molecule has 2 N–H and O–H groups in total. The van der Waals surface area contributed by atoms with Gasteiger partial charge >= 0.3 is 0 Å². The zero-order valence-corrected chi connectivity index (χ0v) is 13.1. The Bertz CT molecular complexity index is 535. The normalized spacial score (nSPS) is 10.6. The van der Waals surface area contributed by atoms with Gasteiger partial charge in [-0.25, -0.2) is 4.39 Å². The molecule has 1 aromatic rings. The molecule has 1 rings (SSSR count). The third-order valence-electron chi connectivity index (χ3n) is 2.42. The van der Waals surface area contributed by atoms with Crippen molar-refractivity contribution in [3.63, 3.8) is 0 Å². The number of hydrogen-bond acceptors (Lipinski definition) is 3. The van der Waals surface area contributed by atoms with Gasteiger partial charge in [0.1, 0.15) is 5.82 Å². The van der Waals surface area contributed by atoms with Crippen molar-refractivity contribution in [1.29, 1.82) is 0 Å². The van der Waals surface area contributed by atoms with E-state index < -0.39 is 11.7 Å². The summed E-state index contributed by atoms with van der Waals surface area (Å²) in [6, 6.07) is 4.42. The molecule has 0 unspecified atom stereocenters. The van der Waals surface area contributed by atoms with Crippen molar-refractivity contribution in [2.45, 2.75) is 0 Å². The van der Waals surface area contributed by atoms with Crippen molar-refractivity contribution in [2.75, 3.05) is 26.8 Å². The van der Waals surface area contributed by atoms with E-state index in [9.17, 15) is 14.0 Å². The second-order valence-corrected chi connectivity index (χ2v) is 4.98. The first-order valence-corrected chi connectivity index (χ1v) is 6.99. The minimum atomic E-state index is -0.476. The van der Waals surface area contributed by atoms with Crippen LogP contribution in [0.2, 0.25) is 0 Å². The molecule has 2 amide bonds. The molecule has 114 valence electrons. The molecule has 0 aromatic heterocycles. The van der Waals surface area contributed by atoms with Crippen LogP contribution in [0.4, 0.5) is 4.39 Å². The van der Waals surface area contributed by atoms with E-state index >= 15 is 0 Å². The highest BCUT2D eigenvalue weighted by Gasteiger charge is 2.03. The third-order valence-corrected chi connectivity index (χ3v) is 2.92. The summed E-state index contributed by atoms with van der Waals surface area (Å²) in [6.07, 6.45) is 2.52. The van der Waals surface area contributed by atoms with E-state index in [1.165, 1.54) is 25.3 Å². The molecule has 1 aromatic carbocycles. The molecule has 0 saturated heterocycles. The average Bonchev–Trinajstić information content (AvgIpc) is 2.46. The van der Waals surface area contributed by atoms with Crippen LogP contribution in [0.15, 0.2) is 28.7 Å². The Morgan fingerprint density at radius 1 is 1.38 bits per heavy atom. The number of halogens is 2. The fourth-order valence-corrected chi connectivity index (χ4v) is 1.77. The molecule has 0 spiro atoms. The second kappa shape index (κ2) is 9.25. The van der Waals surface area contributed by atoms with E-state index in [2.05, 4.69) is 26.6 Å². The Morgan fingerprint density at radius 2 is 2.14 bits per heavy atom. The molecule has 0 fully saturated rings. The highest BCUT2D eigenvalue weighted by atomic mass is 79.9. The Balaban J connectivity index is 2.41. The molecule has 0 aliphatic carbocycles. The summed E-state index contributed by atoms with van der Waals surface area (Å²) in [5.74, 6) is -1.22.